The molecule has 1 heterocycles. The zero-order valence-corrected chi connectivity index (χ0v) is 6.97. The minimum atomic E-state index is -0.488. The third-order valence-electron chi connectivity index (χ3n) is 1.64. The van der Waals surface area contributed by atoms with E-state index in [0.29, 0.717) is 6.42 Å². The van der Waals surface area contributed by atoms with Crippen molar-refractivity contribution in [1.82, 2.24) is 9.78 Å². The molecule has 1 aromatic rings. The molecule has 0 aliphatic carbocycles. The molecule has 0 fully saturated rings. The fourth-order valence-corrected chi connectivity index (χ4v) is 0.853. The van der Waals surface area contributed by atoms with Gasteiger partial charge in [0.15, 0.2) is 0 Å². The lowest BCUT2D eigenvalue weighted by Crippen LogP contribution is -2.27. The Labute approximate surface area is 70.5 Å². The maximum Gasteiger partial charge on any atom is 0.266 e. The lowest BCUT2D eigenvalue weighted by Gasteiger charge is -2.07. The van der Waals surface area contributed by atoms with Crippen LogP contribution in [-0.4, -0.2) is 21.0 Å². The zero-order valence-electron chi connectivity index (χ0n) is 6.97. The van der Waals surface area contributed by atoms with Gasteiger partial charge in [0.05, 0.1) is 12.6 Å². The van der Waals surface area contributed by atoms with Gasteiger partial charge in [-0.3, -0.25) is 4.79 Å². The van der Waals surface area contributed by atoms with E-state index in [4.69, 9.17) is 0 Å². The van der Waals surface area contributed by atoms with Gasteiger partial charge < -0.3 is 5.11 Å². The Balaban J connectivity index is 2.76. The van der Waals surface area contributed by atoms with Crippen molar-refractivity contribution in [3.8, 4) is 0 Å². The van der Waals surface area contributed by atoms with Crippen molar-refractivity contribution in [3.63, 3.8) is 0 Å². The first kappa shape index (κ1) is 8.93. The maximum absolute atomic E-state index is 11.1. The monoisotopic (exact) mass is 168 g/mol. The molecule has 0 bridgehead atoms. The highest BCUT2D eigenvalue weighted by Crippen LogP contribution is 1.91. The van der Waals surface area contributed by atoms with E-state index in [0.717, 1.165) is 0 Å². The highest BCUT2D eigenvalue weighted by atomic mass is 16.3. The Morgan fingerprint density at radius 2 is 2.50 bits per heavy atom. The third-order valence-corrected chi connectivity index (χ3v) is 1.64. The number of hydrogen-bond donors (Lipinski definition) is 1. The molecule has 1 unspecified atom stereocenters. The number of rotatable bonds is 3. The average molecular weight is 168 g/mol. The van der Waals surface area contributed by atoms with Crippen LogP contribution in [0, 0.1) is 0 Å². The average Bonchev–Trinajstić information content (AvgIpc) is 2.09. The molecule has 1 atom stereocenters. The summed E-state index contributed by atoms with van der Waals surface area (Å²) in [5, 5.41) is 13.0. The largest absolute Gasteiger partial charge is 0.391 e. The molecule has 0 spiro atoms. The molecule has 0 aliphatic heterocycles. The second-order valence-corrected chi connectivity index (χ2v) is 2.61. The van der Waals surface area contributed by atoms with Crippen molar-refractivity contribution < 1.29 is 5.11 Å². The summed E-state index contributed by atoms with van der Waals surface area (Å²) >= 11 is 0. The summed E-state index contributed by atoms with van der Waals surface area (Å²) in [5.41, 5.74) is -0.176. The summed E-state index contributed by atoms with van der Waals surface area (Å²) in [6, 6.07) is 3.01. The minimum Gasteiger partial charge on any atom is -0.391 e. The van der Waals surface area contributed by atoms with Crippen LogP contribution in [0.2, 0.25) is 0 Å². The second-order valence-electron chi connectivity index (χ2n) is 2.61. The van der Waals surface area contributed by atoms with Crippen LogP contribution >= 0.6 is 0 Å². The third kappa shape index (κ3) is 2.17. The Kier molecular flexibility index (Phi) is 2.99. The van der Waals surface area contributed by atoms with E-state index in [1.54, 1.807) is 6.07 Å². The van der Waals surface area contributed by atoms with Crippen LogP contribution in [-0.2, 0) is 6.54 Å². The van der Waals surface area contributed by atoms with Crippen molar-refractivity contribution in [2.45, 2.75) is 26.0 Å². The number of hydrogen-bond acceptors (Lipinski definition) is 3. The van der Waals surface area contributed by atoms with Gasteiger partial charge in [-0.1, -0.05) is 6.92 Å². The first-order valence-corrected chi connectivity index (χ1v) is 3.94. The number of aromatic nitrogens is 2. The molecule has 66 valence electrons. The first-order chi connectivity index (χ1) is 5.74. The van der Waals surface area contributed by atoms with E-state index in [-0.39, 0.29) is 12.1 Å². The van der Waals surface area contributed by atoms with Gasteiger partial charge in [0.2, 0.25) is 0 Å². The summed E-state index contributed by atoms with van der Waals surface area (Å²) in [6.07, 6.45) is 1.67. The van der Waals surface area contributed by atoms with Crippen LogP contribution in [0.4, 0.5) is 0 Å². The molecule has 1 rings (SSSR count). The highest BCUT2D eigenvalue weighted by molar-refractivity contribution is 4.84. The SMILES string of the molecule is CCC(O)Cn1ncccc1=O. The van der Waals surface area contributed by atoms with E-state index in [1.165, 1.54) is 16.9 Å². The number of nitrogens with zero attached hydrogens (tertiary/aromatic N) is 2. The first-order valence-electron chi connectivity index (χ1n) is 3.94. The van der Waals surface area contributed by atoms with Crippen molar-refractivity contribution in [3.05, 3.63) is 28.7 Å². The van der Waals surface area contributed by atoms with Gasteiger partial charge in [-0.25, -0.2) is 4.68 Å². The van der Waals surface area contributed by atoms with Crippen LogP contribution < -0.4 is 5.56 Å². The molecule has 0 amide bonds. The second kappa shape index (κ2) is 4.01. The lowest BCUT2D eigenvalue weighted by atomic mass is 10.3. The van der Waals surface area contributed by atoms with Crippen molar-refractivity contribution in [2.24, 2.45) is 0 Å². The van der Waals surface area contributed by atoms with Crippen LogP contribution in [0.3, 0.4) is 0 Å². The summed E-state index contributed by atoms with van der Waals surface area (Å²) in [5.74, 6) is 0. The van der Waals surface area contributed by atoms with Crippen molar-refractivity contribution >= 4 is 0 Å². The van der Waals surface area contributed by atoms with Crippen LogP contribution in [0.1, 0.15) is 13.3 Å². The van der Waals surface area contributed by atoms with Crippen LogP contribution in [0.5, 0.6) is 0 Å². The van der Waals surface area contributed by atoms with Crippen molar-refractivity contribution in [1.29, 1.82) is 0 Å². The summed E-state index contributed by atoms with van der Waals surface area (Å²) < 4.78 is 1.26. The van der Waals surface area contributed by atoms with Gasteiger partial charge in [-0.05, 0) is 12.5 Å². The van der Waals surface area contributed by atoms with Gasteiger partial charge in [-0.15, -0.1) is 0 Å². The van der Waals surface area contributed by atoms with E-state index >= 15 is 0 Å². The Bertz CT molecular complexity index is 295. The van der Waals surface area contributed by atoms with E-state index in [9.17, 15) is 9.90 Å². The minimum absolute atomic E-state index is 0.176. The Morgan fingerprint density at radius 3 is 3.08 bits per heavy atom. The Morgan fingerprint density at radius 1 is 1.75 bits per heavy atom. The fraction of sp³-hybridized carbons (Fsp3) is 0.500. The lowest BCUT2D eigenvalue weighted by molar-refractivity contribution is 0.143. The van der Waals surface area contributed by atoms with Crippen LogP contribution in [0.25, 0.3) is 0 Å². The number of aliphatic hydroxyl groups excluding tert-OH is 1. The van der Waals surface area contributed by atoms with Gasteiger partial charge >= 0.3 is 0 Å². The van der Waals surface area contributed by atoms with Gasteiger partial charge in [0, 0.05) is 12.3 Å². The number of aliphatic hydroxyl groups is 1. The molecule has 0 saturated carbocycles. The van der Waals surface area contributed by atoms with Gasteiger partial charge in [0.1, 0.15) is 0 Å². The van der Waals surface area contributed by atoms with E-state index in [2.05, 4.69) is 5.10 Å². The predicted octanol–water partition coefficient (Wildman–Crippen LogP) is 0.0142. The molecule has 4 heteroatoms. The van der Waals surface area contributed by atoms with Gasteiger partial charge in [0.25, 0.3) is 5.56 Å². The molecule has 0 aromatic carbocycles. The smallest absolute Gasteiger partial charge is 0.266 e. The van der Waals surface area contributed by atoms with Crippen LogP contribution in [0.15, 0.2) is 23.1 Å². The summed E-state index contributed by atoms with van der Waals surface area (Å²) in [4.78, 5) is 11.1. The molecule has 4 nitrogen and oxygen atoms in total. The highest BCUT2D eigenvalue weighted by Gasteiger charge is 2.02. The molecule has 0 saturated heterocycles. The maximum atomic E-state index is 11.1. The van der Waals surface area contributed by atoms with Gasteiger partial charge in [-0.2, -0.15) is 5.10 Å². The fourth-order valence-electron chi connectivity index (χ4n) is 0.853. The van der Waals surface area contributed by atoms with E-state index in [1.807, 2.05) is 6.92 Å². The molecular formula is C8H12N2O2. The normalized spacial score (nSPS) is 12.8. The molecule has 1 aromatic heterocycles. The summed E-state index contributed by atoms with van der Waals surface area (Å²) in [6.45, 7) is 2.13. The predicted molar refractivity (Wildman–Crippen MR) is 44.8 cm³/mol. The standard InChI is InChI=1S/C8H12N2O2/c1-2-7(11)6-10-8(12)4-3-5-9-10/h3-5,7,11H,2,6H2,1H3. The molecular weight excluding hydrogens is 156 g/mol. The van der Waals surface area contributed by atoms with Crippen molar-refractivity contribution in [2.75, 3.05) is 0 Å². The molecule has 12 heavy (non-hydrogen) atoms. The molecule has 1 N–H and O–H groups in total. The zero-order chi connectivity index (χ0) is 8.97. The summed E-state index contributed by atoms with van der Waals surface area (Å²) in [7, 11) is 0. The Hall–Kier alpha value is -1.16. The quantitative estimate of drug-likeness (QED) is 0.692. The molecule has 0 aliphatic rings. The topological polar surface area (TPSA) is 55.1 Å². The van der Waals surface area contributed by atoms with E-state index < -0.39 is 6.10 Å². The molecule has 0 radical (unpaired) electrons.